The molecule has 0 heterocycles. The van der Waals surface area contributed by atoms with Crippen LogP contribution in [0.2, 0.25) is 0 Å². The van der Waals surface area contributed by atoms with Crippen LogP contribution in [0.25, 0.3) is 0 Å². The summed E-state index contributed by atoms with van der Waals surface area (Å²) < 4.78 is 0. The van der Waals surface area contributed by atoms with Gasteiger partial charge in [0.2, 0.25) is 11.8 Å². The molecule has 0 aliphatic rings. The number of phenolic OH excluding ortho intramolecular Hbond substituents is 1. The van der Waals surface area contributed by atoms with E-state index in [1.807, 2.05) is 0 Å². The van der Waals surface area contributed by atoms with Crippen LogP contribution in [0, 0.1) is 0 Å². The second-order valence-corrected chi connectivity index (χ2v) is 7.05. The molecular formula is C19H30N6O6. The molecule has 0 radical (unpaired) electrons. The fraction of sp³-hybridized carbons (Fsp3) is 0.474. The van der Waals surface area contributed by atoms with Crippen molar-refractivity contribution >= 4 is 23.7 Å². The highest BCUT2D eigenvalue weighted by atomic mass is 16.4. The summed E-state index contributed by atoms with van der Waals surface area (Å²) in [6.45, 7) is 1.51. The van der Waals surface area contributed by atoms with Gasteiger partial charge in [-0.25, -0.2) is 4.79 Å². The second-order valence-electron chi connectivity index (χ2n) is 7.05. The number of carboxylic acid groups (broad SMARTS) is 1. The molecule has 0 unspecified atom stereocenters. The minimum absolute atomic E-state index is 0.00468. The summed E-state index contributed by atoms with van der Waals surface area (Å²) in [5.74, 6) is -2.89. The first kappa shape index (κ1) is 25.7. The van der Waals surface area contributed by atoms with Crippen LogP contribution in [-0.2, 0) is 20.8 Å². The highest BCUT2D eigenvalue weighted by Gasteiger charge is 2.30. The molecule has 0 aromatic heterocycles. The van der Waals surface area contributed by atoms with Crippen molar-refractivity contribution in [2.45, 2.75) is 50.4 Å². The van der Waals surface area contributed by atoms with Crippen LogP contribution in [0.3, 0.4) is 0 Å². The van der Waals surface area contributed by atoms with E-state index in [2.05, 4.69) is 15.6 Å². The van der Waals surface area contributed by atoms with Gasteiger partial charge in [-0.15, -0.1) is 0 Å². The normalized spacial score (nSPS) is 14.5. The van der Waals surface area contributed by atoms with Gasteiger partial charge in [-0.3, -0.25) is 14.6 Å². The first-order valence-electron chi connectivity index (χ1n) is 9.61. The number of nitrogens with two attached hydrogens (primary N) is 3. The average Bonchev–Trinajstić information content (AvgIpc) is 2.69. The summed E-state index contributed by atoms with van der Waals surface area (Å²) in [6.07, 6.45) is -0.666. The average molecular weight is 438 g/mol. The Morgan fingerprint density at radius 3 is 2.23 bits per heavy atom. The zero-order valence-electron chi connectivity index (χ0n) is 17.2. The van der Waals surface area contributed by atoms with E-state index in [0.29, 0.717) is 12.0 Å². The van der Waals surface area contributed by atoms with Crippen molar-refractivity contribution in [3.63, 3.8) is 0 Å². The third kappa shape index (κ3) is 9.31. The van der Waals surface area contributed by atoms with E-state index in [9.17, 15) is 29.7 Å². The number of aliphatic hydroxyl groups is 1. The van der Waals surface area contributed by atoms with Gasteiger partial charge in [0.05, 0.1) is 12.1 Å². The van der Waals surface area contributed by atoms with Crippen molar-refractivity contribution < 1.29 is 29.7 Å². The third-order valence-corrected chi connectivity index (χ3v) is 4.36. The van der Waals surface area contributed by atoms with Gasteiger partial charge in [-0.05, 0) is 37.5 Å². The SMILES string of the molecule is C[C@@H](O)[C@H](NC(=O)[C@@H](Cc1ccc(O)cc1)NC(=O)[C@@H](N)CCCN=C(N)N)C(=O)O. The number of aliphatic hydroxyl groups excluding tert-OH is 1. The monoisotopic (exact) mass is 438 g/mol. The Morgan fingerprint density at radius 1 is 1.10 bits per heavy atom. The lowest BCUT2D eigenvalue weighted by atomic mass is 10.0. The van der Waals surface area contributed by atoms with Crippen molar-refractivity contribution in [2.75, 3.05) is 6.54 Å². The zero-order valence-corrected chi connectivity index (χ0v) is 17.2. The van der Waals surface area contributed by atoms with Crippen molar-refractivity contribution in [2.24, 2.45) is 22.2 Å². The Bertz CT molecular complexity index is 779. The molecule has 0 saturated carbocycles. The molecule has 12 heteroatoms. The Balaban J connectivity index is 2.89. The molecule has 12 nitrogen and oxygen atoms in total. The number of nitrogens with zero attached hydrogens (tertiary/aromatic N) is 1. The van der Waals surface area contributed by atoms with E-state index in [0.717, 1.165) is 0 Å². The van der Waals surface area contributed by atoms with Crippen LogP contribution < -0.4 is 27.8 Å². The van der Waals surface area contributed by atoms with Crippen LogP contribution in [0.15, 0.2) is 29.3 Å². The predicted octanol–water partition coefficient (Wildman–Crippen LogP) is -2.25. The Labute approximate surface area is 179 Å². The summed E-state index contributed by atoms with van der Waals surface area (Å²) in [5, 5.41) is 32.9. The molecular weight excluding hydrogens is 408 g/mol. The molecule has 0 spiro atoms. The van der Waals surface area contributed by atoms with Crippen LogP contribution in [0.1, 0.15) is 25.3 Å². The number of aliphatic imine (C=N–C) groups is 1. The number of amides is 2. The van der Waals surface area contributed by atoms with Crippen molar-refractivity contribution in [3.8, 4) is 5.75 Å². The molecule has 1 aromatic carbocycles. The molecule has 0 aliphatic carbocycles. The number of rotatable bonds is 12. The predicted molar refractivity (Wildman–Crippen MR) is 113 cm³/mol. The summed E-state index contributed by atoms with van der Waals surface area (Å²) in [7, 11) is 0. The second kappa shape index (κ2) is 12.3. The van der Waals surface area contributed by atoms with Crippen LogP contribution in [0.4, 0.5) is 0 Å². The molecule has 0 aliphatic heterocycles. The maximum atomic E-state index is 12.7. The van der Waals surface area contributed by atoms with E-state index in [-0.39, 0.29) is 31.1 Å². The minimum atomic E-state index is -1.56. The maximum Gasteiger partial charge on any atom is 0.328 e. The van der Waals surface area contributed by atoms with Gasteiger partial charge < -0.3 is 43.2 Å². The van der Waals surface area contributed by atoms with E-state index < -0.39 is 42.0 Å². The topological polar surface area (TPSA) is 226 Å². The number of carbonyl (C=O) groups excluding carboxylic acids is 2. The van der Waals surface area contributed by atoms with Gasteiger partial charge in [0.1, 0.15) is 11.8 Å². The standard InChI is InChI=1S/C19H30N6O6/c1-10(26)15(18(30)31)25-17(29)14(9-11-4-6-12(27)7-5-11)24-16(28)13(20)3-2-8-23-19(21)22/h4-7,10,13-15,26-27H,2-3,8-9,20H2,1H3,(H,24,28)(H,25,29)(H,30,31)(H4,21,22,23)/t10-,13+,14-,15+/m1/s1. The molecule has 4 atom stereocenters. The van der Waals surface area contributed by atoms with Gasteiger partial charge in [0, 0.05) is 13.0 Å². The number of guanidine groups is 1. The number of carbonyl (C=O) groups is 3. The quantitative estimate of drug-likeness (QED) is 0.1000. The van der Waals surface area contributed by atoms with Crippen LogP contribution in [-0.4, -0.2) is 69.8 Å². The first-order valence-corrected chi connectivity index (χ1v) is 9.61. The molecule has 1 rings (SSSR count). The molecule has 2 amide bonds. The van der Waals surface area contributed by atoms with E-state index in [1.54, 1.807) is 12.1 Å². The smallest absolute Gasteiger partial charge is 0.328 e. The molecule has 0 saturated heterocycles. The molecule has 172 valence electrons. The fourth-order valence-electron chi connectivity index (χ4n) is 2.65. The van der Waals surface area contributed by atoms with Crippen LogP contribution in [0.5, 0.6) is 5.75 Å². The Kier molecular flexibility index (Phi) is 10.2. The number of phenols is 1. The number of aliphatic carboxylic acids is 1. The van der Waals surface area contributed by atoms with Gasteiger partial charge in [-0.2, -0.15) is 0 Å². The largest absolute Gasteiger partial charge is 0.508 e. The lowest BCUT2D eigenvalue weighted by Gasteiger charge is -2.24. The van der Waals surface area contributed by atoms with E-state index in [1.165, 1.54) is 19.1 Å². The molecule has 31 heavy (non-hydrogen) atoms. The molecule has 0 fully saturated rings. The molecule has 0 bridgehead atoms. The Morgan fingerprint density at radius 2 is 1.71 bits per heavy atom. The molecule has 11 N–H and O–H groups in total. The summed E-state index contributed by atoms with van der Waals surface area (Å²) in [6, 6.07) is 2.27. The van der Waals surface area contributed by atoms with Crippen molar-refractivity contribution in [1.29, 1.82) is 0 Å². The van der Waals surface area contributed by atoms with Crippen LogP contribution >= 0.6 is 0 Å². The number of hydrogen-bond acceptors (Lipinski definition) is 7. The number of nitrogens with one attached hydrogen (secondary N) is 2. The highest BCUT2D eigenvalue weighted by molar-refractivity contribution is 5.92. The Hall–Kier alpha value is -3.38. The van der Waals surface area contributed by atoms with E-state index in [4.69, 9.17) is 17.2 Å². The summed E-state index contributed by atoms with van der Waals surface area (Å²) in [5.41, 5.74) is 16.9. The summed E-state index contributed by atoms with van der Waals surface area (Å²) >= 11 is 0. The lowest BCUT2D eigenvalue weighted by Crippen LogP contribution is -2.57. The van der Waals surface area contributed by atoms with Gasteiger partial charge in [-0.1, -0.05) is 12.1 Å². The molecule has 1 aromatic rings. The summed E-state index contributed by atoms with van der Waals surface area (Å²) in [4.78, 5) is 40.2. The van der Waals surface area contributed by atoms with Crippen molar-refractivity contribution in [3.05, 3.63) is 29.8 Å². The maximum absolute atomic E-state index is 12.7. The van der Waals surface area contributed by atoms with E-state index >= 15 is 0 Å². The number of hydrogen-bond donors (Lipinski definition) is 8. The van der Waals surface area contributed by atoms with Gasteiger partial charge in [0.25, 0.3) is 0 Å². The first-order chi connectivity index (χ1) is 14.5. The highest BCUT2D eigenvalue weighted by Crippen LogP contribution is 2.12. The number of carboxylic acids is 1. The third-order valence-electron chi connectivity index (χ3n) is 4.36. The fourth-order valence-corrected chi connectivity index (χ4v) is 2.65. The number of aromatic hydroxyl groups is 1. The van der Waals surface area contributed by atoms with Crippen molar-refractivity contribution in [1.82, 2.24) is 10.6 Å². The van der Waals surface area contributed by atoms with Gasteiger partial charge >= 0.3 is 5.97 Å². The van der Waals surface area contributed by atoms with Gasteiger partial charge in [0.15, 0.2) is 12.0 Å². The lowest BCUT2D eigenvalue weighted by molar-refractivity contribution is -0.145. The minimum Gasteiger partial charge on any atom is -0.508 e. The number of benzene rings is 1. The zero-order chi connectivity index (χ0) is 23.6.